The van der Waals surface area contributed by atoms with Crippen LogP contribution in [0, 0.1) is 17.2 Å². The SMILES string of the molecule is N#CC1CCCCC1NC1CC1. The van der Waals surface area contributed by atoms with Crippen molar-refractivity contribution in [3.05, 3.63) is 0 Å². The smallest absolute Gasteiger partial charge is 0.0672 e. The molecule has 0 spiro atoms. The van der Waals surface area contributed by atoms with Gasteiger partial charge in [0.05, 0.1) is 12.0 Å². The van der Waals surface area contributed by atoms with Gasteiger partial charge in [-0.25, -0.2) is 0 Å². The lowest BCUT2D eigenvalue weighted by atomic mass is 9.85. The molecule has 66 valence electrons. The summed E-state index contributed by atoms with van der Waals surface area (Å²) in [6.45, 7) is 0. The average Bonchev–Trinajstić information content (AvgIpc) is 2.89. The van der Waals surface area contributed by atoms with Gasteiger partial charge in [0, 0.05) is 12.1 Å². The standard InChI is InChI=1S/C10H16N2/c11-7-8-3-1-2-4-10(8)12-9-5-6-9/h8-10,12H,1-6H2. The highest BCUT2D eigenvalue weighted by molar-refractivity contribution is 4.97. The van der Waals surface area contributed by atoms with Gasteiger partial charge in [-0.1, -0.05) is 12.8 Å². The van der Waals surface area contributed by atoms with Crippen LogP contribution in [0.25, 0.3) is 0 Å². The van der Waals surface area contributed by atoms with Crippen LogP contribution in [-0.2, 0) is 0 Å². The number of hydrogen-bond donors (Lipinski definition) is 1. The van der Waals surface area contributed by atoms with Crippen LogP contribution < -0.4 is 5.32 Å². The van der Waals surface area contributed by atoms with Crippen LogP contribution in [0.3, 0.4) is 0 Å². The highest BCUT2D eigenvalue weighted by Gasteiger charge is 2.30. The second-order valence-corrected chi connectivity index (χ2v) is 4.07. The first-order valence-electron chi connectivity index (χ1n) is 5.06. The average molecular weight is 164 g/mol. The molecule has 2 aliphatic rings. The summed E-state index contributed by atoms with van der Waals surface area (Å²) in [4.78, 5) is 0. The maximum Gasteiger partial charge on any atom is 0.0672 e. The topological polar surface area (TPSA) is 35.8 Å². The number of nitrogens with one attached hydrogen (secondary N) is 1. The van der Waals surface area contributed by atoms with E-state index in [2.05, 4.69) is 11.4 Å². The molecule has 0 radical (unpaired) electrons. The molecule has 2 rings (SSSR count). The zero-order valence-corrected chi connectivity index (χ0v) is 7.42. The van der Waals surface area contributed by atoms with Gasteiger partial charge >= 0.3 is 0 Å². The number of nitrogens with zero attached hydrogens (tertiary/aromatic N) is 1. The third kappa shape index (κ3) is 1.78. The van der Waals surface area contributed by atoms with E-state index in [4.69, 9.17) is 5.26 Å². The molecule has 2 heteroatoms. The fraction of sp³-hybridized carbons (Fsp3) is 0.900. The van der Waals surface area contributed by atoms with E-state index in [1.54, 1.807) is 0 Å². The van der Waals surface area contributed by atoms with Gasteiger partial charge in [0.15, 0.2) is 0 Å². The quantitative estimate of drug-likeness (QED) is 0.675. The highest BCUT2D eigenvalue weighted by atomic mass is 15.0. The number of hydrogen-bond acceptors (Lipinski definition) is 2. The first-order valence-corrected chi connectivity index (χ1v) is 5.06. The third-order valence-electron chi connectivity index (χ3n) is 2.96. The third-order valence-corrected chi connectivity index (χ3v) is 2.96. The molecule has 0 amide bonds. The molecule has 1 N–H and O–H groups in total. The fourth-order valence-corrected chi connectivity index (χ4v) is 2.04. The minimum atomic E-state index is 0.291. The summed E-state index contributed by atoms with van der Waals surface area (Å²) in [5.41, 5.74) is 0. The molecule has 12 heavy (non-hydrogen) atoms. The van der Waals surface area contributed by atoms with Crippen LogP contribution in [0.5, 0.6) is 0 Å². The summed E-state index contributed by atoms with van der Waals surface area (Å²) in [6, 6.07) is 3.69. The summed E-state index contributed by atoms with van der Waals surface area (Å²) in [5, 5.41) is 12.5. The molecule has 2 nitrogen and oxygen atoms in total. The van der Waals surface area contributed by atoms with Crippen molar-refractivity contribution < 1.29 is 0 Å². The van der Waals surface area contributed by atoms with E-state index >= 15 is 0 Å². The van der Waals surface area contributed by atoms with Crippen LogP contribution in [0.1, 0.15) is 38.5 Å². The van der Waals surface area contributed by atoms with Gasteiger partial charge in [-0.3, -0.25) is 0 Å². The van der Waals surface area contributed by atoms with E-state index < -0.39 is 0 Å². The first kappa shape index (κ1) is 8.07. The molecule has 0 saturated heterocycles. The molecule has 2 aliphatic carbocycles. The Morgan fingerprint density at radius 1 is 1.08 bits per heavy atom. The largest absolute Gasteiger partial charge is 0.310 e. The van der Waals surface area contributed by atoms with E-state index in [0.717, 1.165) is 12.5 Å². The van der Waals surface area contributed by atoms with Crippen molar-refractivity contribution in [2.24, 2.45) is 5.92 Å². The summed E-state index contributed by atoms with van der Waals surface area (Å²) in [5.74, 6) is 0.291. The number of nitriles is 1. The summed E-state index contributed by atoms with van der Waals surface area (Å²) in [7, 11) is 0. The van der Waals surface area contributed by atoms with Crippen molar-refractivity contribution in [1.29, 1.82) is 5.26 Å². The van der Waals surface area contributed by atoms with Crippen molar-refractivity contribution in [3.8, 4) is 6.07 Å². The molecular formula is C10H16N2. The maximum atomic E-state index is 8.90. The zero-order chi connectivity index (χ0) is 8.39. The lowest BCUT2D eigenvalue weighted by Crippen LogP contribution is -2.39. The molecule has 0 bridgehead atoms. The normalized spacial score (nSPS) is 35.9. The Balaban J connectivity index is 1.86. The van der Waals surface area contributed by atoms with Gasteiger partial charge in [0.1, 0.15) is 0 Å². The van der Waals surface area contributed by atoms with E-state index in [1.807, 2.05) is 0 Å². The van der Waals surface area contributed by atoms with Crippen LogP contribution in [-0.4, -0.2) is 12.1 Å². The molecular weight excluding hydrogens is 148 g/mol. The monoisotopic (exact) mass is 164 g/mol. The fourth-order valence-electron chi connectivity index (χ4n) is 2.04. The molecule has 2 atom stereocenters. The molecule has 0 aromatic heterocycles. The predicted molar refractivity (Wildman–Crippen MR) is 47.5 cm³/mol. The van der Waals surface area contributed by atoms with Gasteiger partial charge < -0.3 is 5.32 Å². The second kappa shape index (κ2) is 3.45. The summed E-state index contributed by atoms with van der Waals surface area (Å²) < 4.78 is 0. The first-order chi connectivity index (χ1) is 5.90. The van der Waals surface area contributed by atoms with Crippen LogP contribution >= 0.6 is 0 Å². The van der Waals surface area contributed by atoms with Crippen molar-refractivity contribution in [1.82, 2.24) is 5.32 Å². The van der Waals surface area contributed by atoms with Gasteiger partial charge in [-0.05, 0) is 25.7 Å². The van der Waals surface area contributed by atoms with Crippen LogP contribution in [0.4, 0.5) is 0 Å². The Morgan fingerprint density at radius 2 is 1.83 bits per heavy atom. The molecule has 2 saturated carbocycles. The van der Waals surface area contributed by atoms with Gasteiger partial charge in [0.25, 0.3) is 0 Å². The van der Waals surface area contributed by atoms with E-state index in [0.29, 0.717) is 12.0 Å². The Labute approximate surface area is 74.0 Å². The van der Waals surface area contributed by atoms with Crippen molar-refractivity contribution in [3.63, 3.8) is 0 Å². The minimum Gasteiger partial charge on any atom is -0.310 e. The molecule has 2 unspecified atom stereocenters. The van der Waals surface area contributed by atoms with Crippen molar-refractivity contribution >= 4 is 0 Å². The lowest BCUT2D eigenvalue weighted by molar-refractivity contribution is 0.310. The Hall–Kier alpha value is -0.550. The van der Waals surface area contributed by atoms with Crippen LogP contribution in [0.2, 0.25) is 0 Å². The molecule has 0 heterocycles. The van der Waals surface area contributed by atoms with Gasteiger partial charge in [-0.2, -0.15) is 5.26 Å². The molecule has 0 aromatic carbocycles. The Morgan fingerprint density at radius 3 is 2.50 bits per heavy atom. The van der Waals surface area contributed by atoms with E-state index in [1.165, 1.54) is 32.1 Å². The molecule has 0 aromatic rings. The van der Waals surface area contributed by atoms with Gasteiger partial charge in [-0.15, -0.1) is 0 Å². The molecule has 2 fully saturated rings. The van der Waals surface area contributed by atoms with E-state index in [9.17, 15) is 0 Å². The van der Waals surface area contributed by atoms with E-state index in [-0.39, 0.29) is 0 Å². The predicted octanol–water partition coefficient (Wildman–Crippen LogP) is 1.82. The summed E-state index contributed by atoms with van der Waals surface area (Å²) >= 11 is 0. The van der Waals surface area contributed by atoms with Crippen molar-refractivity contribution in [2.75, 3.05) is 0 Å². The van der Waals surface area contributed by atoms with Crippen LogP contribution in [0.15, 0.2) is 0 Å². The Kier molecular flexibility index (Phi) is 2.32. The second-order valence-electron chi connectivity index (χ2n) is 4.07. The zero-order valence-electron chi connectivity index (χ0n) is 7.42. The van der Waals surface area contributed by atoms with Crippen molar-refractivity contribution in [2.45, 2.75) is 50.6 Å². The minimum absolute atomic E-state index is 0.291. The number of rotatable bonds is 2. The van der Waals surface area contributed by atoms with Gasteiger partial charge in [0.2, 0.25) is 0 Å². The maximum absolute atomic E-state index is 8.90. The molecule has 0 aliphatic heterocycles. The summed E-state index contributed by atoms with van der Waals surface area (Å²) in [6.07, 6.45) is 7.54. The lowest BCUT2D eigenvalue weighted by Gasteiger charge is -2.27. The highest BCUT2D eigenvalue weighted by Crippen LogP contribution is 2.28. The Bertz CT molecular complexity index is 191.